The largest absolute Gasteiger partial charge is 0.491 e. The molecule has 1 aromatic carbocycles. The molecule has 0 saturated carbocycles. The number of H-pyrrole nitrogens is 1. The van der Waals surface area contributed by atoms with Crippen LogP contribution in [0.1, 0.15) is 5.56 Å². The third kappa shape index (κ3) is 1.02. The van der Waals surface area contributed by atoms with Gasteiger partial charge in [-0.1, -0.05) is 6.07 Å². The van der Waals surface area contributed by atoms with Crippen molar-refractivity contribution in [3.8, 4) is 5.75 Å². The molecule has 3 nitrogen and oxygen atoms in total. The topological polar surface area (TPSA) is 51.0 Å². The number of hydrogen-bond acceptors (Lipinski definition) is 2. The van der Waals surface area contributed by atoms with Crippen LogP contribution in [0.3, 0.4) is 0 Å². The first kappa shape index (κ1) is 7.88. The van der Waals surface area contributed by atoms with E-state index in [1.807, 2.05) is 18.3 Å². The Kier molecular flexibility index (Phi) is 1.55. The molecule has 0 fully saturated rings. The Morgan fingerprint density at radius 3 is 3.29 bits per heavy atom. The molecule has 1 aliphatic rings. The van der Waals surface area contributed by atoms with E-state index >= 15 is 0 Å². The number of nitrogens with two attached hydrogens (primary N) is 1. The van der Waals surface area contributed by atoms with E-state index < -0.39 is 0 Å². The van der Waals surface area contributed by atoms with Crippen molar-refractivity contribution in [2.45, 2.75) is 12.5 Å². The maximum Gasteiger partial charge on any atom is 0.129 e. The van der Waals surface area contributed by atoms with Gasteiger partial charge in [0.25, 0.3) is 0 Å². The molecule has 72 valence electrons. The second-order valence-electron chi connectivity index (χ2n) is 3.77. The van der Waals surface area contributed by atoms with Crippen LogP contribution in [0.5, 0.6) is 5.75 Å². The predicted molar refractivity (Wildman–Crippen MR) is 55.5 cm³/mol. The molecule has 3 N–H and O–H groups in total. The summed E-state index contributed by atoms with van der Waals surface area (Å²) < 4.78 is 5.65. The van der Waals surface area contributed by atoms with Crippen LogP contribution in [0.4, 0.5) is 0 Å². The number of benzene rings is 1. The number of ether oxygens (including phenoxy) is 1. The normalized spacial score (nSPS) is 20.5. The molecule has 2 aromatic rings. The fourth-order valence-electron chi connectivity index (χ4n) is 2.04. The average Bonchev–Trinajstić information content (AvgIpc) is 2.51. The molecular formula is C11H12N2O. The molecule has 0 amide bonds. The van der Waals surface area contributed by atoms with E-state index in [1.54, 1.807) is 0 Å². The summed E-state index contributed by atoms with van der Waals surface area (Å²) in [5.41, 5.74) is 8.31. The summed E-state index contributed by atoms with van der Waals surface area (Å²) in [6.45, 7) is 0.605. The lowest BCUT2D eigenvalue weighted by Gasteiger charge is -2.07. The molecule has 3 rings (SSSR count). The van der Waals surface area contributed by atoms with Gasteiger partial charge >= 0.3 is 0 Å². The van der Waals surface area contributed by atoms with Crippen molar-refractivity contribution in [2.24, 2.45) is 5.73 Å². The Morgan fingerprint density at radius 2 is 2.36 bits per heavy atom. The number of aromatic amines is 1. The maximum absolute atomic E-state index is 5.91. The Hall–Kier alpha value is -1.48. The van der Waals surface area contributed by atoms with Crippen LogP contribution in [0.15, 0.2) is 24.4 Å². The lowest BCUT2D eigenvalue weighted by Crippen LogP contribution is -2.28. The first-order chi connectivity index (χ1) is 6.84. The van der Waals surface area contributed by atoms with Crippen molar-refractivity contribution >= 4 is 10.9 Å². The zero-order valence-corrected chi connectivity index (χ0v) is 7.79. The zero-order chi connectivity index (χ0) is 9.54. The smallest absolute Gasteiger partial charge is 0.129 e. The van der Waals surface area contributed by atoms with Gasteiger partial charge < -0.3 is 15.5 Å². The summed E-state index contributed by atoms with van der Waals surface area (Å²) in [6, 6.07) is 6.15. The summed E-state index contributed by atoms with van der Waals surface area (Å²) in [5.74, 6) is 0.951. The monoisotopic (exact) mass is 188 g/mol. The molecule has 0 bridgehead atoms. The van der Waals surface area contributed by atoms with Gasteiger partial charge in [0.1, 0.15) is 12.4 Å². The van der Waals surface area contributed by atoms with Crippen LogP contribution < -0.4 is 10.5 Å². The van der Waals surface area contributed by atoms with Crippen molar-refractivity contribution in [1.82, 2.24) is 4.98 Å². The van der Waals surface area contributed by atoms with Crippen LogP contribution in [0.25, 0.3) is 10.9 Å². The number of hydrogen-bond donors (Lipinski definition) is 2. The van der Waals surface area contributed by atoms with Crippen LogP contribution in [0, 0.1) is 0 Å². The Balaban J connectivity index is 2.30. The fraction of sp³-hybridized carbons (Fsp3) is 0.273. The molecule has 0 spiro atoms. The summed E-state index contributed by atoms with van der Waals surface area (Å²) in [4.78, 5) is 3.23. The van der Waals surface area contributed by atoms with Gasteiger partial charge in [-0.15, -0.1) is 0 Å². The van der Waals surface area contributed by atoms with E-state index in [1.165, 1.54) is 10.9 Å². The van der Waals surface area contributed by atoms with Gasteiger partial charge in [0.2, 0.25) is 0 Å². The minimum Gasteiger partial charge on any atom is -0.491 e. The Bertz CT molecular complexity index is 475. The van der Waals surface area contributed by atoms with Gasteiger partial charge in [0, 0.05) is 23.1 Å². The lowest BCUT2D eigenvalue weighted by molar-refractivity contribution is 0.296. The predicted octanol–water partition coefficient (Wildman–Crippen LogP) is 1.43. The van der Waals surface area contributed by atoms with E-state index in [9.17, 15) is 0 Å². The second kappa shape index (κ2) is 2.75. The highest BCUT2D eigenvalue weighted by molar-refractivity contribution is 5.89. The van der Waals surface area contributed by atoms with Crippen molar-refractivity contribution in [2.75, 3.05) is 6.61 Å². The van der Waals surface area contributed by atoms with Gasteiger partial charge in [-0.05, 0) is 24.1 Å². The van der Waals surface area contributed by atoms with Gasteiger partial charge in [-0.25, -0.2) is 0 Å². The molecule has 14 heavy (non-hydrogen) atoms. The van der Waals surface area contributed by atoms with Crippen molar-refractivity contribution in [3.63, 3.8) is 0 Å². The average molecular weight is 188 g/mol. The summed E-state index contributed by atoms with van der Waals surface area (Å²) in [7, 11) is 0. The van der Waals surface area contributed by atoms with Crippen molar-refractivity contribution < 1.29 is 4.74 Å². The lowest BCUT2D eigenvalue weighted by atomic mass is 10.1. The molecule has 0 saturated heterocycles. The quantitative estimate of drug-likeness (QED) is 0.657. The van der Waals surface area contributed by atoms with Gasteiger partial charge in [0.15, 0.2) is 0 Å². The molecule has 1 aliphatic heterocycles. The van der Waals surface area contributed by atoms with E-state index in [0.29, 0.717) is 6.61 Å². The van der Waals surface area contributed by atoms with Gasteiger partial charge in [-0.2, -0.15) is 0 Å². The first-order valence-electron chi connectivity index (χ1n) is 4.82. The van der Waals surface area contributed by atoms with E-state index in [4.69, 9.17) is 10.5 Å². The zero-order valence-electron chi connectivity index (χ0n) is 7.79. The second-order valence-corrected chi connectivity index (χ2v) is 3.77. The highest BCUT2D eigenvalue weighted by atomic mass is 16.5. The SMILES string of the molecule is N[C@H]1COc2cccc3[nH]cc(c23)C1. The molecule has 1 aromatic heterocycles. The molecule has 0 radical (unpaired) electrons. The minimum absolute atomic E-state index is 0.0985. The fourth-order valence-corrected chi connectivity index (χ4v) is 2.04. The van der Waals surface area contributed by atoms with Crippen molar-refractivity contribution in [1.29, 1.82) is 0 Å². The van der Waals surface area contributed by atoms with Gasteiger partial charge in [-0.3, -0.25) is 0 Å². The molecular weight excluding hydrogens is 176 g/mol. The van der Waals surface area contributed by atoms with E-state index in [-0.39, 0.29) is 6.04 Å². The third-order valence-electron chi connectivity index (χ3n) is 2.68. The third-order valence-corrected chi connectivity index (χ3v) is 2.68. The number of rotatable bonds is 0. The minimum atomic E-state index is 0.0985. The Labute approximate surface area is 81.9 Å². The highest BCUT2D eigenvalue weighted by Gasteiger charge is 2.17. The molecule has 1 atom stereocenters. The summed E-state index contributed by atoms with van der Waals surface area (Å²) >= 11 is 0. The Morgan fingerprint density at radius 1 is 1.43 bits per heavy atom. The van der Waals surface area contributed by atoms with Crippen LogP contribution >= 0.6 is 0 Å². The standard InChI is InChI=1S/C11H12N2O/c12-8-4-7-5-13-9-2-1-3-10(11(7)9)14-6-8/h1-3,5,8,13H,4,6,12H2/t8-/m1/s1. The van der Waals surface area contributed by atoms with E-state index in [2.05, 4.69) is 11.1 Å². The summed E-state index contributed by atoms with van der Waals surface area (Å²) in [5, 5.41) is 1.19. The van der Waals surface area contributed by atoms with Gasteiger partial charge in [0.05, 0.1) is 0 Å². The van der Waals surface area contributed by atoms with Crippen LogP contribution in [-0.2, 0) is 6.42 Å². The highest BCUT2D eigenvalue weighted by Crippen LogP contribution is 2.31. The molecule has 3 heteroatoms. The number of nitrogens with one attached hydrogen (secondary N) is 1. The first-order valence-corrected chi connectivity index (χ1v) is 4.82. The maximum atomic E-state index is 5.91. The van der Waals surface area contributed by atoms with Crippen LogP contribution in [-0.4, -0.2) is 17.6 Å². The molecule has 0 aliphatic carbocycles. The summed E-state index contributed by atoms with van der Waals surface area (Å²) in [6.07, 6.45) is 2.92. The van der Waals surface area contributed by atoms with Crippen LogP contribution in [0.2, 0.25) is 0 Å². The van der Waals surface area contributed by atoms with Crippen molar-refractivity contribution in [3.05, 3.63) is 30.0 Å². The molecule has 2 heterocycles. The molecule has 0 unspecified atom stereocenters. The number of aromatic nitrogens is 1. The van der Waals surface area contributed by atoms with E-state index in [0.717, 1.165) is 17.7 Å².